The van der Waals surface area contributed by atoms with E-state index in [1.807, 2.05) is 0 Å². The number of nitrogens with one attached hydrogen (secondary N) is 1. The summed E-state index contributed by atoms with van der Waals surface area (Å²) in [5.74, 6) is -3.40. The Hall–Kier alpha value is -2.14. The van der Waals surface area contributed by atoms with Gasteiger partial charge in [0.05, 0.1) is 48.1 Å². The normalized spacial score (nSPS) is 27.5. The van der Waals surface area contributed by atoms with E-state index in [4.69, 9.17) is 27.9 Å². The standard InChI is InChI=1S/C23H23Cl2F3N6O/c1-22(10-35-11-22)33-3-2-19(16(26)9-33)34-20(25)18(8-30-34)32-21-29-7-12-4-15(24)13(5-17(12)31-21)14-6-23(14,27)28/h4-5,7-8,14,16,19H,2-3,6,9-11H2,1H3,(H,29,31,32)/t14?,16-,19-/m1/s1. The van der Waals surface area contributed by atoms with Gasteiger partial charge in [-0.2, -0.15) is 5.10 Å². The van der Waals surface area contributed by atoms with Crippen LogP contribution in [0.5, 0.6) is 0 Å². The van der Waals surface area contributed by atoms with Gasteiger partial charge in [0.15, 0.2) is 5.15 Å². The zero-order chi connectivity index (χ0) is 24.5. The van der Waals surface area contributed by atoms with Gasteiger partial charge < -0.3 is 10.1 Å². The summed E-state index contributed by atoms with van der Waals surface area (Å²) in [6.45, 7) is 4.33. The van der Waals surface area contributed by atoms with Crippen LogP contribution in [0.4, 0.5) is 24.8 Å². The Labute approximate surface area is 209 Å². The molecule has 6 rings (SSSR count). The minimum atomic E-state index is -2.73. The maximum Gasteiger partial charge on any atom is 0.255 e. The summed E-state index contributed by atoms with van der Waals surface area (Å²) in [5.41, 5.74) is 1.19. The lowest BCUT2D eigenvalue weighted by Gasteiger charge is -2.50. The molecule has 0 radical (unpaired) electrons. The fourth-order valence-electron chi connectivity index (χ4n) is 4.97. The highest BCUT2D eigenvalue weighted by molar-refractivity contribution is 6.32. The lowest BCUT2D eigenvalue weighted by atomic mass is 9.92. The van der Waals surface area contributed by atoms with E-state index in [1.54, 1.807) is 18.3 Å². The number of anilines is 2. The molecule has 2 aromatic heterocycles. The largest absolute Gasteiger partial charge is 0.377 e. The van der Waals surface area contributed by atoms with Gasteiger partial charge >= 0.3 is 0 Å². The zero-order valence-electron chi connectivity index (χ0n) is 18.8. The lowest BCUT2D eigenvalue weighted by molar-refractivity contribution is -0.145. The molecular weight excluding hydrogens is 504 g/mol. The number of ether oxygens (including phenoxy) is 1. The predicted molar refractivity (Wildman–Crippen MR) is 127 cm³/mol. The van der Waals surface area contributed by atoms with E-state index in [0.29, 0.717) is 48.3 Å². The smallest absolute Gasteiger partial charge is 0.255 e. The zero-order valence-corrected chi connectivity index (χ0v) is 20.3. The minimum absolute atomic E-state index is 0.108. The fourth-order valence-corrected chi connectivity index (χ4v) is 5.54. The molecule has 2 saturated heterocycles. The van der Waals surface area contributed by atoms with Crippen molar-refractivity contribution in [3.63, 3.8) is 0 Å². The molecule has 3 atom stereocenters. The molecule has 12 heteroatoms. The van der Waals surface area contributed by atoms with Crippen molar-refractivity contribution in [3.8, 4) is 0 Å². The second-order valence-electron chi connectivity index (χ2n) is 9.87. The molecule has 2 aliphatic heterocycles. The monoisotopic (exact) mass is 526 g/mol. The molecule has 1 aliphatic carbocycles. The predicted octanol–water partition coefficient (Wildman–Crippen LogP) is 5.37. The Morgan fingerprint density at radius 1 is 1.20 bits per heavy atom. The number of likely N-dealkylation sites (tertiary alicyclic amines) is 1. The molecule has 0 bridgehead atoms. The van der Waals surface area contributed by atoms with E-state index in [-0.39, 0.29) is 28.1 Å². The van der Waals surface area contributed by atoms with Crippen molar-refractivity contribution in [3.05, 3.63) is 40.3 Å². The maximum atomic E-state index is 15.1. The second kappa shape index (κ2) is 8.19. The van der Waals surface area contributed by atoms with E-state index in [0.717, 1.165) is 6.54 Å². The van der Waals surface area contributed by atoms with E-state index in [1.165, 1.54) is 10.9 Å². The van der Waals surface area contributed by atoms with Gasteiger partial charge in [0, 0.05) is 36.1 Å². The van der Waals surface area contributed by atoms with Crippen LogP contribution in [0.3, 0.4) is 0 Å². The van der Waals surface area contributed by atoms with Crippen molar-refractivity contribution in [2.24, 2.45) is 0 Å². The Kier molecular flexibility index (Phi) is 5.45. The number of aromatic nitrogens is 4. The minimum Gasteiger partial charge on any atom is -0.377 e. The Bertz CT molecular complexity index is 1300. The molecule has 0 amide bonds. The van der Waals surface area contributed by atoms with Gasteiger partial charge in [-0.05, 0) is 31.0 Å². The van der Waals surface area contributed by atoms with E-state index in [9.17, 15) is 8.78 Å². The Balaban J connectivity index is 1.20. The van der Waals surface area contributed by atoms with Crippen molar-refractivity contribution in [1.29, 1.82) is 0 Å². The first-order valence-corrected chi connectivity index (χ1v) is 12.2. The van der Waals surface area contributed by atoms with Gasteiger partial charge in [-0.1, -0.05) is 23.2 Å². The molecule has 3 aliphatic rings. The second-order valence-corrected chi connectivity index (χ2v) is 10.6. The Morgan fingerprint density at radius 2 is 1.97 bits per heavy atom. The summed E-state index contributed by atoms with van der Waals surface area (Å²) in [7, 11) is 0. The fraction of sp³-hybridized carbons (Fsp3) is 0.522. The van der Waals surface area contributed by atoms with Crippen LogP contribution in [-0.4, -0.2) is 68.6 Å². The molecule has 35 heavy (non-hydrogen) atoms. The van der Waals surface area contributed by atoms with Crippen LogP contribution in [-0.2, 0) is 4.74 Å². The number of benzene rings is 1. The summed E-state index contributed by atoms with van der Waals surface area (Å²) < 4.78 is 49.2. The third-order valence-corrected chi connectivity index (χ3v) is 8.00. The van der Waals surface area contributed by atoms with Crippen LogP contribution in [0.2, 0.25) is 10.2 Å². The van der Waals surface area contributed by atoms with Crippen LogP contribution in [0.15, 0.2) is 24.5 Å². The first-order chi connectivity index (χ1) is 16.6. The van der Waals surface area contributed by atoms with Crippen LogP contribution in [0, 0.1) is 0 Å². The quantitative estimate of drug-likeness (QED) is 0.481. The van der Waals surface area contributed by atoms with E-state index in [2.05, 4.69) is 32.2 Å². The SMILES string of the molecule is CC1(N2CC[C@@H](n3ncc(Nc4ncc5cc(Cl)c(C6CC6(F)F)cc5n4)c3Cl)[C@H](F)C2)COC1. The van der Waals surface area contributed by atoms with Crippen molar-refractivity contribution in [2.45, 2.75) is 49.4 Å². The topological polar surface area (TPSA) is 68.1 Å². The number of piperidine rings is 1. The molecule has 3 aromatic rings. The average Bonchev–Trinajstić information content (AvgIpc) is 3.29. The third kappa shape index (κ3) is 4.04. The van der Waals surface area contributed by atoms with E-state index < -0.39 is 24.1 Å². The summed E-state index contributed by atoms with van der Waals surface area (Å²) in [6, 6.07) is 2.69. The summed E-state index contributed by atoms with van der Waals surface area (Å²) >= 11 is 12.8. The highest BCUT2D eigenvalue weighted by Crippen LogP contribution is 2.57. The van der Waals surface area contributed by atoms with Crippen LogP contribution < -0.4 is 5.32 Å². The first-order valence-electron chi connectivity index (χ1n) is 11.5. The molecule has 7 nitrogen and oxygen atoms in total. The summed E-state index contributed by atoms with van der Waals surface area (Å²) in [4.78, 5) is 10.9. The Morgan fingerprint density at radius 3 is 2.63 bits per heavy atom. The molecule has 0 spiro atoms. The third-order valence-electron chi connectivity index (χ3n) is 7.29. The molecule has 4 heterocycles. The number of fused-ring (bicyclic) bond motifs is 1. The van der Waals surface area contributed by atoms with Gasteiger partial charge in [-0.15, -0.1) is 0 Å². The van der Waals surface area contributed by atoms with Gasteiger partial charge in [0.1, 0.15) is 6.17 Å². The van der Waals surface area contributed by atoms with Crippen LogP contribution in [0.25, 0.3) is 10.9 Å². The van der Waals surface area contributed by atoms with Gasteiger partial charge in [-0.3, -0.25) is 4.90 Å². The van der Waals surface area contributed by atoms with Crippen molar-refractivity contribution in [2.75, 3.05) is 31.6 Å². The van der Waals surface area contributed by atoms with Crippen LogP contribution in [0.1, 0.15) is 37.3 Å². The number of hydrogen-bond donors (Lipinski definition) is 1. The first kappa shape index (κ1) is 23.3. The summed E-state index contributed by atoms with van der Waals surface area (Å²) in [5, 5.41) is 8.50. The molecule has 3 fully saturated rings. The number of halogens is 5. The highest BCUT2D eigenvalue weighted by atomic mass is 35.5. The molecule has 1 saturated carbocycles. The molecular formula is C23H23Cl2F3N6O. The number of alkyl halides is 3. The van der Waals surface area contributed by atoms with Gasteiger partial charge in [-0.25, -0.2) is 27.8 Å². The lowest BCUT2D eigenvalue weighted by Crippen LogP contribution is -2.63. The number of hydrogen-bond acceptors (Lipinski definition) is 6. The average molecular weight is 527 g/mol. The molecule has 1 aromatic carbocycles. The maximum absolute atomic E-state index is 15.1. The molecule has 1 N–H and O–H groups in total. The number of nitrogens with zero attached hydrogens (tertiary/aromatic N) is 5. The van der Waals surface area contributed by atoms with Crippen molar-refractivity contribution >= 4 is 45.7 Å². The number of rotatable bonds is 5. The van der Waals surface area contributed by atoms with Gasteiger partial charge in [0.2, 0.25) is 5.95 Å². The van der Waals surface area contributed by atoms with Crippen LogP contribution >= 0.6 is 23.2 Å². The molecule has 1 unspecified atom stereocenters. The molecule has 186 valence electrons. The summed E-state index contributed by atoms with van der Waals surface area (Å²) in [6.07, 6.45) is 2.28. The highest BCUT2D eigenvalue weighted by Gasteiger charge is 2.58. The van der Waals surface area contributed by atoms with Gasteiger partial charge in [0.25, 0.3) is 5.92 Å². The van der Waals surface area contributed by atoms with Crippen molar-refractivity contribution in [1.82, 2.24) is 24.6 Å². The van der Waals surface area contributed by atoms with Crippen molar-refractivity contribution < 1.29 is 17.9 Å². The van der Waals surface area contributed by atoms with E-state index >= 15 is 4.39 Å².